The topological polar surface area (TPSA) is 78.1 Å². The number of ether oxygens (including phenoxy) is 1. The Balaban J connectivity index is 1.49. The number of rotatable bonds is 5. The van der Waals surface area contributed by atoms with E-state index < -0.39 is 0 Å². The lowest BCUT2D eigenvalue weighted by Gasteiger charge is -2.32. The first kappa shape index (κ1) is 17.2. The summed E-state index contributed by atoms with van der Waals surface area (Å²) in [6.45, 7) is 3.75. The summed E-state index contributed by atoms with van der Waals surface area (Å²) < 4.78 is 9.34. The van der Waals surface area contributed by atoms with Gasteiger partial charge in [-0.05, 0) is 25.7 Å². The predicted octanol–water partition coefficient (Wildman–Crippen LogP) is 1.48. The van der Waals surface area contributed by atoms with Gasteiger partial charge in [-0.2, -0.15) is 0 Å². The monoisotopic (exact) mass is 358 g/mol. The van der Waals surface area contributed by atoms with Gasteiger partial charge in [-0.25, -0.2) is 4.98 Å². The van der Waals surface area contributed by atoms with Crippen LogP contribution < -0.4 is 0 Å². The minimum atomic E-state index is 0.00495. The van der Waals surface area contributed by atoms with Crippen LogP contribution in [0.3, 0.4) is 0 Å². The van der Waals surface area contributed by atoms with Crippen molar-refractivity contribution in [3.63, 3.8) is 0 Å². The number of fused-ring (bicyclic) bond motifs is 1. The second-order valence-electron chi connectivity index (χ2n) is 7.11. The Morgan fingerprint density at radius 1 is 1.27 bits per heavy atom. The maximum atomic E-state index is 13.1. The van der Waals surface area contributed by atoms with Crippen molar-refractivity contribution in [1.82, 2.24) is 29.2 Å². The first-order valence-electron chi connectivity index (χ1n) is 9.49. The molecule has 1 unspecified atom stereocenters. The quantitative estimate of drug-likeness (QED) is 0.809. The van der Waals surface area contributed by atoms with Crippen molar-refractivity contribution in [1.29, 1.82) is 0 Å². The molecule has 0 aliphatic carbocycles. The number of imidazole rings is 1. The van der Waals surface area contributed by atoms with Gasteiger partial charge < -0.3 is 18.8 Å². The van der Waals surface area contributed by atoms with Gasteiger partial charge in [0.1, 0.15) is 11.6 Å². The highest BCUT2D eigenvalue weighted by Crippen LogP contribution is 2.27. The van der Waals surface area contributed by atoms with Crippen LogP contribution in [-0.2, 0) is 24.2 Å². The summed E-state index contributed by atoms with van der Waals surface area (Å²) in [6, 6.07) is 0. The van der Waals surface area contributed by atoms with Gasteiger partial charge in [0.2, 0.25) is 5.82 Å². The number of aryl methyl sites for hydroxylation is 1. The van der Waals surface area contributed by atoms with E-state index in [1.807, 2.05) is 21.9 Å². The number of amides is 1. The fraction of sp³-hybridized carbons (Fsp3) is 0.667. The van der Waals surface area contributed by atoms with E-state index >= 15 is 0 Å². The molecule has 1 atom stereocenters. The van der Waals surface area contributed by atoms with E-state index in [0.717, 1.165) is 63.4 Å². The molecule has 1 fully saturated rings. The summed E-state index contributed by atoms with van der Waals surface area (Å²) >= 11 is 0. The Labute approximate surface area is 153 Å². The van der Waals surface area contributed by atoms with Gasteiger partial charge in [-0.1, -0.05) is 0 Å². The van der Waals surface area contributed by atoms with E-state index in [1.54, 1.807) is 7.11 Å². The molecule has 2 aliphatic rings. The lowest BCUT2D eigenvalue weighted by molar-refractivity contribution is 0.0683. The van der Waals surface area contributed by atoms with E-state index in [4.69, 9.17) is 4.74 Å². The molecule has 4 rings (SSSR count). The molecule has 4 heterocycles. The van der Waals surface area contributed by atoms with Crippen molar-refractivity contribution in [2.24, 2.45) is 0 Å². The molecular weight excluding hydrogens is 332 g/mol. The number of likely N-dealkylation sites (tertiary alicyclic amines) is 1. The Morgan fingerprint density at radius 3 is 3.08 bits per heavy atom. The van der Waals surface area contributed by atoms with Gasteiger partial charge in [0.15, 0.2) is 0 Å². The SMILES string of the molecule is COCCn1ccnc1C1CCCN(C(=O)c2nnc3n2CCCC3)C1. The zero-order chi connectivity index (χ0) is 17.9. The first-order valence-corrected chi connectivity index (χ1v) is 9.49. The predicted molar refractivity (Wildman–Crippen MR) is 94.9 cm³/mol. The molecular formula is C18H26N6O2. The van der Waals surface area contributed by atoms with Crippen LogP contribution in [0.4, 0.5) is 0 Å². The number of carbonyl (C=O) groups excluding carboxylic acids is 1. The van der Waals surface area contributed by atoms with Gasteiger partial charge in [0.25, 0.3) is 5.91 Å². The van der Waals surface area contributed by atoms with E-state index in [-0.39, 0.29) is 11.8 Å². The third-order valence-electron chi connectivity index (χ3n) is 5.41. The molecule has 8 nitrogen and oxygen atoms in total. The second-order valence-corrected chi connectivity index (χ2v) is 7.11. The number of piperidine rings is 1. The molecule has 1 amide bonds. The van der Waals surface area contributed by atoms with Crippen molar-refractivity contribution in [2.75, 3.05) is 26.8 Å². The highest BCUT2D eigenvalue weighted by atomic mass is 16.5. The van der Waals surface area contributed by atoms with Crippen molar-refractivity contribution in [3.05, 3.63) is 29.9 Å². The number of hydrogen-bond donors (Lipinski definition) is 0. The van der Waals surface area contributed by atoms with E-state index in [1.165, 1.54) is 0 Å². The average molecular weight is 358 g/mol. The smallest absolute Gasteiger partial charge is 0.291 e. The molecule has 0 N–H and O–H groups in total. The summed E-state index contributed by atoms with van der Waals surface area (Å²) in [5.74, 6) is 2.75. The van der Waals surface area contributed by atoms with Crippen LogP contribution in [0.15, 0.2) is 12.4 Å². The maximum absolute atomic E-state index is 13.1. The van der Waals surface area contributed by atoms with E-state index in [0.29, 0.717) is 19.0 Å². The van der Waals surface area contributed by atoms with Crippen molar-refractivity contribution >= 4 is 5.91 Å². The normalized spacial score (nSPS) is 20.2. The fourth-order valence-electron chi connectivity index (χ4n) is 4.04. The summed E-state index contributed by atoms with van der Waals surface area (Å²) in [4.78, 5) is 19.5. The van der Waals surface area contributed by atoms with Crippen LogP contribution in [0.1, 0.15) is 53.9 Å². The molecule has 0 saturated carbocycles. The Morgan fingerprint density at radius 2 is 2.19 bits per heavy atom. The largest absolute Gasteiger partial charge is 0.383 e. The first-order chi connectivity index (χ1) is 12.8. The minimum absolute atomic E-state index is 0.00495. The van der Waals surface area contributed by atoms with E-state index in [2.05, 4.69) is 19.7 Å². The number of aromatic nitrogens is 5. The molecule has 0 bridgehead atoms. The standard InChI is InChI=1S/C18H26N6O2/c1-26-12-11-22-10-7-19-16(22)14-5-4-8-23(13-14)18(25)17-21-20-15-6-2-3-9-24(15)17/h7,10,14H,2-6,8-9,11-13H2,1H3. The van der Waals surface area contributed by atoms with Crippen LogP contribution in [0, 0.1) is 0 Å². The van der Waals surface area contributed by atoms with E-state index in [9.17, 15) is 4.79 Å². The Hall–Kier alpha value is -2.22. The molecule has 0 aromatic carbocycles. The van der Waals surface area contributed by atoms with Crippen molar-refractivity contribution in [2.45, 2.75) is 51.1 Å². The second kappa shape index (κ2) is 7.57. The average Bonchev–Trinajstić information content (AvgIpc) is 3.33. The molecule has 2 aromatic heterocycles. The number of carbonyl (C=O) groups is 1. The molecule has 140 valence electrons. The van der Waals surface area contributed by atoms with Crippen LogP contribution in [0.2, 0.25) is 0 Å². The lowest BCUT2D eigenvalue weighted by atomic mass is 9.97. The van der Waals surface area contributed by atoms with Crippen LogP contribution in [0.5, 0.6) is 0 Å². The highest BCUT2D eigenvalue weighted by Gasteiger charge is 2.31. The zero-order valence-electron chi connectivity index (χ0n) is 15.3. The molecule has 0 radical (unpaired) electrons. The molecule has 0 spiro atoms. The summed E-state index contributed by atoms with van der Waals surface area (Å²) in [6.07, 6.45) is 8.98. The maximum Gasteiger partial charge on any atom is 0.291 e. The molecule has 8 heteroatoms. The number of methoxy groups -OCH3 is 1. The summed E-state index contributed by atoms with van der Waals surface area (Å²) in [5.41, 5.74) is 0. The molecule has 1 saturated heterocycles. The third-order valence-corrected chi connectivity index (χ3v) is 5.41. The van der Waals surface area contributed by atoms with Gasteiger partial charge in [-0.3, -0.25) is 4.79 Å². The Kier molecular flexibility index (Phi) is 5.01. The van der Waals surface area contributed by atoms with Crippen LogP contribution >= 0.6 is 0 Å². The van der Waals surface area contributed by atoms with Crippen molar-refractivity contribution < 1.29 is 9.53 Å². The van der Waals surface area contributed by atoms with Crippen LogP contribution in [-0.4, -0.2) is 61.9 Å². The summed E-state index contributed by atoms with van der Waals surface area (Å²) in [5, 5.41) is 8.43. The number of hydrogen-bond acceptors (Lipinski definition) is 5. The molecule has 26 heavy (non-hydrogen) atoms. The third kappa shape index (κ3) is 3.25. The fourth-order valence-corrected chi connectivity index (χ4v) is 4.04. The zero-order valence-corrected chi connectivity index (χ0v) is 15.3. The lowest BCUT2D eigenvalue weighted by Crippen LogP contribution is -2.41. The summed E-state index contributed by atoms with van der Waals surface area (Å²) in [7, 11) is 1.71. The van der Waals surface area contributed by atoms with Gasteiger partial charge in [-0.15, -0.1) is 10.2 Å². The highest BCUT2D eigenvalue weighted by molar-refractivity contribution is 5.90. The van der Waals surface area contributed by atoms with Crippen LogP contribution in [0.25, 0.3) is 0 Å². The molecule has 2 aliphatic heterocycles. The van der Waals surface area contributed by atoms with Gasteiger partial charge in [0.05, 0.1) is 6.61 Å². The minimum Gasteiger partial charge on any atom is -0.383 e. The number of nitrogens with zero attached hydrogens (tertiary/aromatic N) is 6. The van der Waals surface area contributed by atoms with Gasteiger partial charge in [0, 0.05) is 58.0 Å². The Bertz CT molecular complexity index is 768. The van der Waals surface area contributed by atoms with Crippen molar-refractivity contribution in [3.8, 4) is 0 Å². The molecule has 2 aromatic rings. The van der Waals surface area contributed by atoms with Gasteiger partial charge >= 0.3 is 0 Å².